The van der Waals surface area contributed by atoms with E-state index in [0.717, 1.165) is 12.8 Å². The van der Waals surface area contributed by atoms with E-state index in [0.29, 0.717) is 17.9 Å². The topological polar surface area (TPSA) is 83.9 Å². The van der Waals surface area contributed by atoms with Gasteiger partial charge < -0.3 is 14.7 Å². The van der Waals surface area contributed by atoms with Gasteiger partial charge in [0, 0.05) is 19.9 Å². The number of hydrogen-bond donors (Lipinski definition) is 1. The van der Waals surface area contributed by atoms with Crippen LogP contribution >= 0.6 is 0 Å². The van der Waals surface area contributed by atoms with Crippen molar-refractivity contribution in [2.24, 2.45) is 0 Å². The third-order valence-electron chi connectivity index (χ3n) is 4.14. The first-order valence-corrected chi connectivity index (χ1v) is 8.46. The second-order valence-corrected chi connectivity index (χ2v) is 5.96. The number of carbonyl (C=O) groups excluding carboxylic acids is 3. The van der Waals surface area contributed by atoms with Crippen LogP contribution in [0.25, 0.3) is 0 Å². The lowest BCUT2D eigenvalue weighted by atomic mass is 9.95. The van der Waals surface area contributed by atoms with Gasteiger partial charge in [0.25, 0.3) is 5.91 Å². The van der Waals surface area contributed by atoms with E-state index in [4.69, 9.17) is 4.74 Å². The number of aliphatic hydroxyl groups is 1. The highest BCUT2D eigenvalue weighted by Gasteiger charge is 2.42. The number of benzene rings is 1. The predicted octanol–water partition coefficient (Wildman–Crippen LogP) is 3.09. The molecule has 1 atom stereocenters. The van der Waals surface area contributed by atoms with E-state index < -0.39 is 23.7 Å². The maximum atomic E-state index is 12.4. The number of carbonyl (C=O) groups is 3. The molecule has 0 bridgehead atoms. The Morgan fingerprint density at radius 2 is 1.84 bits per heavy atom. The molecule has 1 amide bonds. The minimum absolute atomic E-state index is 0.142. The van der Waals surface area contributed by atoms with E-state index in [1.807, 2.05) is 6.92 Å². The first-order valence-electron chi connectivity index (χ1n) is 8.46. The first-order chi connectivity index (χ1) is 11.9. The van der Waals surface area contributed by atoms with Gasteiger partial charge in [0.1, 0.15) is 5.75 Å². The molecule has 6 heteroatoms. The molecule has 1 unspecified atom stereocenters. The zero-order valence-electron chi connectivity index (χ0n) is 14.7. The van der Waals surface area contributed by atoms with Gasteiger partial charge in [-0.25, -0.2) is 0 Å². The van der Waals surface area contributed by atoms with Crippen molar-refractivity contribution < 1.29 is 24.2 Å². The van der Waals surface area contributed by atoms with Crippen molar-refractivity contribution >= 4 is 17.7 Å². The average Bonchev–Trinajstić information content (AvgIpc) is 2.84. The maximum absolute atomic E-state index is 12.4. The van der Waals surface area contributed by atoms with Gasteiger partial charge in [-0.3, -0.25) is 14.4 Å². The Bertz CT molecular complexity index is 705. The van der Waals surface area contributed by atoms with Crippen LogP contribution in [0.15, 0.2) is 35.6 Å². The van der Waals surface area contributed by atoms with Gasteiger partial charge in [-0.1, -0.05) is 32.4 Å². The molecule has 6 nitrogen and oxygen atoms in total. The van der Waals surface area contributed by atoms with Crippen molar-refractivity contribution in [3.8, 4) is 5.75 Å². The minimum atomic E-state index is -0.613. The number of aliphatic hydroxyl groups excluding tert-OH is 1. The average molecular weight is 345 g/mol. The van der Waals surface area contributed by atoms with Gasteiger partial charge in [-0.2, -0.15) is 0 Å². The van der Waals surface area contributed by atoms with Crippen LogP contribution in [0.5, 0.6) is 5.75 Å². The number of hydrogen-bond acceptors (Lipinski definition) is 5. The molecular formula is C19H23NO5. The molecular weight excluding hydrogens is 322 g/mol. The number of Topliss-reactive ketones (excluding diaryl/α,β-unsaturated/α-hetero) is 1. The summed E-state index contributed by atoms with van der Waals surface area (Å²) in [4.78, 5) is 37.3. The van der Waals surface area contributed by atoms with E-state index in [2.05, 4.69) is 0 Å². The minimum Gasteiger partial charge on any atom is -0.503 e. The Hall–Kier alpha value is -2.63. The molecule has 1 aliphatic rings. The summed E-state index contributed by atoms with van der Waals surface area (Å²) in [6, 6.07) is 6.02. The van der Waals surface area contributed by atoms with Crippen LogP contribution in [-0.2, 0) is 14.4 Å². The van der Waals surface area contributed by atoms with Crippen LogP contribution in [0, 0.1) is 0 Å². The molecule has 25 heavy (non-hydrogen) atoms. The summed E-state index contributed by atoms with van der Waals surface area (Å²) in [5.74, 6) is -1.26. The SMILES string of the molecule is CCCCN1C(=O)C(O)=C(C(=O)CC)C1c1ccc(OC(C)=O)cc1. The predicted molar refractivity (Wildman–Crippen MR) is 92.1 cm³/mol. The summed E-state index contributed by atoms with van der Waals surface area (Å²) >= 11 is 0. The van der Waals surface area contributed by atoms with Crippen molar-refractivity contribution in [1.82, 2.24) is 4.90 Å². The van der Waals surface area contributed by atoms with E-state index in [9.17, 15) is 19.5 Å². The van der Waals surface area contributed by atoms with Crippen LogP contribution in [0.2, 0.25) is 0 Å². The number of amides is 1. The fourth-order valence-electron chi connectivity index (χ4n) is 2.92. The van der Waals surface area contributed by atoms with Gasteiger partial charge in [-0.05, 0) is 24.1 Å². The molecule has 1 aromatic carbocycles. The largest absolute Gasteiger partial charge is 0.503 e. The molecule has 134 valence electrons. The van der Waals surface area contributed by atoms with Crippen molar-refractivity contribution in [1.29, 1.82) is 0 Å². The molecule has 0 saturated carbocycles. The summed E-state index contributed by atoms with van der Waals surface area (Å²) in [6.45, 7) is 5.47. The van der Waals surface area contributed by atoms with Crippen molar-refractivity contribution in [3.63, 3.8) is 0 Å². The van der Waals surface area contributed by atoms with Crippen LogP contribution in [0.1, 0.15) is 51.6 Å². The zero-order valence-corrected chi connectivity index (χ0v) is 14.7. The quantitative estimate of drug-likeness (QED) is 0.606. The monoisotopic (exact) mass is 345 g/mol. The van der Waals surface area contributed by atoms with Gasteiger partial charge in [-0.15, -0.1) is 0 Å². The van der Waals surface area contributed by atoms with E-state index in [1.165, 1.54) is 11.8 Å². The molecule has 1 N–H and O–H groups in total. The number of unbranched alkanes of at least 4 members (excludes halogenated alkanes) is 1. The van der Waals surface area contributed by atoms with Gasteiger partial charge in [0.2, 0.25) is 0 Å². The van der Waals surface area contributed by atoms with E-state index in [-0.39, 0.29) is 17.8 Å². The van der Waals surface area contributed by atoms with Crippen LogP contribution in [0.3, 0.4) is 0 Å². The third kappa shape index (κ3) is 3.90. The Morgan fingerprint density at radius 3 is 2.36 bits per heavy atom. The summed E-state index contributed by atoms with van der Waals surface area (Å²) < 4.78 is 5.01. The summed E-state index contributed by atoms with van der Waals surface area (Å²) in [6.07, 6.45) is 1.87. The fourth-order valence-corrected chi connectivity index (χ4v) is 2.92. The highest BCUT2D eigenvalue weighted by atomic mass is 16.5. The third-order valence-corrected chi connectivity index (χ3v) is 4.14. The Balaban J connectivity index is 2.41. The zero-order chi connectivity index (χ0) is 18.6. The van der Waals surface area contributed by atoms with Crippen LogP contribution in [0.4, 0.5) is 0 Å². The fraction of sp³-hybridized carbons (Fsp3) is 0.421. The van der Waals surface area contributed by atoms with Gasteiger partial charge in [0.05, 0.1) is 11.6 Å². The second kappa shape index (κ2) is 7.96. The molecule has 0 aromatic heterocycles. The summed E-state index contributed by atoms with van der Waals surface area (Å²) in [5, 5.41) is 10.2. The molecule has 0 spiro atoms. The Morgan fingerprint density at radius 1 is 1.20 bits per heavy atom. The first kappa shape index (κ1) is 18.7. The molecule has 0 aliphatic carbocycles. The van der Waals surface area contributed by atoms with Crippen LogP contribution < -0.4 is 4.74 Å². The highest BCUT2D eigenvalue weighted by Crippen LogP contribution is 2.38. The summed E-state index contributed by atoms with van der Waals surface area (Å²) in [7, 11) is 0. The number of esters is 1. The number of rotatable bonds is 7. The number of ether oxygens (including phenoxy) is 1. The van der Waals surface area contributed by atoms with E-state index in [1.54, 1.807) is 31.2 Å². The van der Waals surface area contributed by atoms with Crippen molar-refractivity contribution in [2.45, 2.75) is 46.1 Å². The lowest BCUT2D eigenvalue weighted by Gasteiger charge is -2.26. The Labute approximate surface area is 147 Å². The van der Waals surface area contributed by atoms with Crippen molar-refractivity contribution in [2.75, 3.05) is 6.54 Å². The molecule has 0 radical (unpaired) electrons. The molecule has 1 aromatic rings. The highest BCUT2D eigenvalue weighted by molar-refractivity contribution is 6.08. The lowest BCUT2D eigenvalue weighted by molar-refractivity contribution is -0.132. The maximum Gasteiger partial charge on any atom is 0.308 e. The van der Waals surface area contributed by atoms with Gasteiger partial charge >= 0.3 is 5.97 Å². The lowest BCUT2D eigenvalue weighted by Crippen LogP contribution is -2.32. The van der Waals surface area contributed by atoms with Gasteiger partial charge in [0.15, 0.2) is 11.5 Å². The number of nitrogens with zero attached hydrogens (tertiary/aromatic N) is 1. The molecule has 2 rings (SSSR count). The smallest absolute Gasteiger partial charge is 0.308 e. The standard InChI is InChI=1S/C19H23NO5/c1-4-6-11-20-17(16(15(22)5-2)18(23)19(20)24)13-7-9-14(10-8-13)25-12(3)21/h7-10,17,23H,4-6,11H2,1-3H3. The molecule has 1 aliphatic heterocycles. The molecule has 0 saturated heterocycles. The Kier molecular flexibility index (Phi) is 5.96. The van der Waals surface area contributed by atoms with Crippen molar-refractivity contribution in [3.05, 3.63) is 41.2 Å². The molecule has 0 fully saturated rings. The number of ketones is 1. The molecule has 1 heterocycles. The normalized spacial score (nSPS) is 17.2. The van der Waals surface area contributed by atoms with E-state index >= 15 is 0 Å². The van der Waals surface area contributed by atoms with Crippen LogP contribution in [-0.4, -0.2) is 34.2 Å². The summed E-state index contributed by atoms with van der Waals surface area (Å²) in [5.41, 5.74) is 0.838. The second-order valence-electron chi connectivity index (χ2n) is 5.96.